The van der Waals surface area contributed by atoms with Crippen molar-refractivity contribution in [3.63, 3.8) is 0 Å². The normalized spacial score (nSPS) is 13.3. The number of aromatic nitrogens is 1. The average Bonchev–Trinajstić information content (AvgIpc) is 2.34. The first kappa shape index (κ1) is 15.8. The molecule has 1 aromatic rings. The number of pyridine rings is 1. The van der Waals surface area contributed by atoms with Crippen LogP contribution in [0.1, 0.15) is 38.3 Å². The van der Waals surface area contributed by atoms with Crippen molar-refractivity contribution in [2.75, 3.05) is 13.2 Å². The van der Waals surface area contributed by atoms with E-state index in [9.17, 15) is 13.2 Å². The fourth-order valence-electron chi connectivity index (χ4n) is 1.73. The molecule has 108 valence electrons. The molecule has 1 N–H and O–H groups in total. The molecule has 0 bridgehead atoms. The monoisotopic (exact) mass is 276 g/mol. The highest BCUT2D eigenvalue weighted by molar-refractivity contribution is 5.26. The summed E-state index contributed by atoms with van der Waals surface area (Å²) in [6.07, 6.45) is -1.41. The van der Waals surface area contributed by atoms with Crippen LogP contribution in [0, 0.1) is 0 Å². The first-order valence-electron chi connectivity index (χ1n) is 6.34. The third kappa shape index (κ3) is 5.92. The van der Waals surface area contributed by atoms with Gasteiger partial charge in [0, 0.05) is 12.2 Å². The lowest BCUT2D eigenvalue weighted by molar-refractivity contribution is -0.140. The molecule has 1 rings (SSSR count). The lowest BCUT2D eigenvalue weighted by Crippen LogP contribution is -2.27. The highest BCUT2D eigenvalue weighted by Crippen LogP contribution is 2.30. The van der Waals surface area contributed by atoms with E-state index in [1.54, 1.807) is 6.07 Å². The Hall–Kier alpha value is -1.30. The molecule has 0 spiro atoms. The molecule has 0 saturated carbocycles. The SMILES string of the molecule is CCCNC(CC(F)(F)F)c1cncc(OCC)c1. The molecule has 0 radical (unpaired) electrons. The number of nitrogens with zero attached hydrogens (tertiary/aromatic N) is 1. The van der Waals surface area contributed by atoms with Gasteiger partial charge in [-0.05, 0) is 31.5 Å². The number of rotatable bonds is 7. The molecule has 1 unspecified atom stereocenters. The first-order valence-corrected chi connectivity index (χ1v) is 6.34. The van der Waals surface area contributed by atoms with Gasteiger partial charge in [0.05, 0.1) is 19.2 Å². The standard InChI is InChI=1S/C13H19F3N2O/c1-3-5-18-12(7-13(14,15)16)10-6-11(19-4-2)9-17-8-10/h6,8-9,12,18H,3-5,7H2,1-2H3. The molecule has 6 heteroatoms. The summed E-state index contributed by atoms with van der Waals surface area (Å²) in [4.78, 5) is 3.93. The molecule has 1 atom stereocenters. The predicted molar refractivity (Wildman–Crippen MR) is 67.1 cm³/mol. The highest BCUT2D eigenvalue weighted by atomic mass is 19.4. The van der Waals surface area contributed by atoms with E-state index < -0.39 is 18.6 Å². The van der Waals surface area contributed by atoms with E-state index in [1.165, 1.54) is 12.4 Å². The first-order chi connectivity index (χ1) is 8.96. The summed E-state index contributed by atoms with van der Waals surface area (Å²) in [6.45, 7) is 4.71. The molecule has 0 aliphatic heterocycles. The van der Waals surface area contributed by atoms with Gasteiger partial charge in [0.15, 0.2) is 0 Å². The Labute approximate surface area is 111 Å². The van der Waals surface area contributed by atoms with Crippen molar-refractivity contribution >= 4 is 0 Å². The molecular weight excluding hydrogens is 257 g/mol. The third-order valence-electron chi connectivity index (χ3n) is 2.52. The summed E-state index contributed by atoms with van der Waals surface area (Å²) in [7, 11) is 0. The molecule has 0 amide bonds. The Morgan fingerprint density at radius 1 is 1.32 bits per heavy atom. The molecule has 1 aromatic heterocycles. The van der Waals surface area contributed by atoms with Crippen LogP contribution in [0.15, 0.2) is 18.5 Å². The largest absolute Gasteiger partial charge is 0.492 e. The summed E-state index contributed by atoms with van der Waals surface area (Å²) in [5.74, 6) is 0.491. The van der Waals surface area contributed by atoms with Gasteiger partial charge in [-0.1, -0.05) is 6.92 Å². The minimum atomic E-state index is -4.22. The average molecular weight is 276 g/mol. The highest BCUT2D eigenvalue weighted by Gasteiger charge is 2.32. The molecule has 19 heavy (non-hydrogen) atoms. The van der Waals surface area contributed by atoms with E-state index >= 15 is 0 Å². The van der Waals surface area contributed by atoms with Gasteiger partial charge in [-0.2, -0.15) is 13.2 Å². The van der Waals surface area contributed by atoms with Gasteiger partial charge in [0.1, 0.15) is 5.75 Å². The molecule has 0 fully saturated rings. The Bertz CT molecular complexity index is 382. The summed E-state index contributed by atoms with van der Waals surface area (Å²) in [6, 6.07) is 0.822. The van der Waals surface area contributed by atoms with Crippen LogP contribution >= 0.6 is 0 Å². The van der Waals surface area contributed by atoms with Gasteiger partial charge >= 0.3 is 6.18 Å². The maximum absolute atomic E-state index is 12.6. The maximum atomic E-state index is 12.6. The zero-order valence-electron chi connectivity index (χ0n) is 11.1. The Balaban J connectivity index is 2.86. The predicted octanol–water partition coefficient (Wildman–Crippen LogP) is 3.47. The van der Waals surface area contributed by atoms with Gasteiger partial charge in [-0.3, -0.25) is 4.98 Å². The molecule has 0 saturated heterocycles. The summed E-state index contributed by atoms with van der Waals surface area (Å²) < 4.78 is 43.0. The number of halogens is 3. The molecule has 1 heterocycles. The zero-order valence-corrected chi connectivity index (χ0v) is 11.1. The summed E-state index contributed by atoms with van der Waals surface area (Å²) in [5, 5.41) is 2.90. The zero-order chi connectivity index (χ0) is 14.3. The van der Waals surface area contributed by atoms with Crippen LogP contribution in [0.2, 0.25) is 0 Å². The maximum Gasteiger partial charge on any atom is 0.390 e. The van der Waals surface area contributed by atoms with Crippen LogP contribution in [0.4, 0.5) is 13.2 Å². The van der Waals surface area contributed by atoms with Crippen molar-refractivity contribution < 1.29 is 17.9 Å². The van der Waals surface area contributed by atoms with Gasteiger partial charge in [0.25, 0.3) is 0 Å². The summed E-state index contributed by atoms with van der Waals surface area (Å²) >= 11 is 0. The molecule has 0 aliphatic rings. The second-order valence-electron chi connectivity index (χ2n) is 4.21. The second-order valence-corrected chi connectivity index (χ2v) is 4.21. The van der Waals surface area contributed by atoms with Gasteiger partial charge in [-0.25, -0.2) is 0 Å². The van der Waals surface area contributed by atoms with Crippen molar-refractivity contribution in [3.8, 4) is 5.75 Å². The summed E-state index contributed by atoms with van der Waals surface area (Å²) in [5.41, 5.74) is 0.497. The van der Waals surface area contributed by atoms with Gasteiger partial charge in [-0.15, -0.1) is 0 Å². The van der Waals surface area contributed by atoms with E-state index in [0.29, 0.717) is 24.5 Å². The lowest BCUT2D eigenvalue weighted by Gasteiger charge is -2.20. The molecule has 0 aliphatic carbocycles. The minimum Gasteiger partial charge on any atom is -0.492 e. The number of ether oxygens (including phenoxy) is 1. The van der Waals surface area contributed by atoms with Crippen LogP contribution in [0.5, 0.6) is 5.75 Å². The van der Waals surface area contributed by atoms with Crippen LogP contribution in [-0.4, -0.2) is 24.3 Å². The fraction of sp³-hybridized carbons (Fsp3) is 0.615. The van der Waals surface area contributed by atoms with Crippen molar-refractivity contribution in [2.45, 2.75) is 38.9 Å². The van der Waals surface area contributed by atoms with Gasteiger partial charge in [0.2, 0.25) is 0 Å². The van der Waals surface area contributed by atoms with E-state index in [-0.39, 0.29) is 0 Å². The van der Waals surface area contributed by atoms with Crippen LogP contribution < -0.4 is 10.1 Å². The van der Waals surface area contributed by atoms with E-state index in [4.69, 9.17) is 4.74 Å². The number of hydrogen-bond donors (Lipinski definition) is 1. The van der Waals surface area contributed by atoms with Crippen LogP contribution in [-0.2, 0) is 0 Å². The molecule has 0 aromatic carbocycles. The van der Waals surface area contributed by atoms with Crippen molar-refractivity contribution in [2.24, 2.45) is 0 Å². The lowest BCUT2D eigenvalue weighted by atomic mass is 10.1. The number of alkyl halides is 3. The topological polar surface area (TPSA) is 34.2 Å². The number of nitrogens with one attached hydrogen (secondary N) is 1. The van der Waals surface area contributed by atoms with E-state index in [0.717, 1.165) is 6.42 Å². The van der Waals surface area contributed by atoms with E-state index in [2.05, 4.69) is 10.3 Å². The van der Waals surface area contributed by atoms with Crippen molar-refractivity contribution in [1.82, 2.24) is 10.3 Å². The van der Waals surface area contributed by atoms with Crippen LogP contribution in [0.3, 0.4) is 0 Å². The number of hydrogen-bond acceptors (Lipinski definition) is 3. The Morgan fingerprint density at radius 2 is 2.05 bits per heavy atom. The van der Waals surface area contributed by atoms with Crippen LogP contribution in [0.25, 0.3) is 0 Å². The molecular formula is C13H19F3N2O. The fourth-order valence-corrected chi connectivity index (χ4v) is 1.73. The quantitative estimate of drug-likeness (QED) is 0.828. The Morgan fingerprint density at radius 3 is 2.63 bits per heavy atom. The molecule has 3 nitrogen and oxygen atoms in total. The van der Waals surface area contributed by atoms with Crippen molar-refractivity contribution in [1.29, 1.82) is 0 Å². The second kappa shape index (κ2) is 7.33. The van der Waals surface area contributed by atoms with Gasteiger partial charge < -0.3 is 10.1 Å². The van der Waals surface area contributed by atoms with Crippen molar-refractivity contribution in [3.05, 3.63) is 24.0 Å². The minimum absolute atomic E-state index is 0.456. The van der Waals surface area contributed by atoms with E-state index in [1.807, 2.05) is 13.8 Å². The third-order valence-corrected chi connectivity index (χ3v) is 2.52. The Kier molecular flexibility index (Phi) is 6.08. The smallest absolute Gasteiger partial charge is 0.390 e.